The highest BCUT2D eigenvalue weighted by atomic mass is 16.5. The lowest BCUT2D eigenvalue weighted by Gasteiger charge is -2.11. The SMILES string of the molecule is Cc1ncc(-c2nc3c(O[C@H]4CCN(O)C4)ncnc3n2C)cn1. The Kier molecular flexibility index (Phi) is 3.58. The number of aryl methyl sites for hydroxylation is 2. The highest BCUT2D eigenvalue weighted by Gasteiger charge is 2.25. The van der Waals surface area contributed by atoms with Crippen molar-refractivity contribution in [3.63, 3.8) is 0 Å². The topological polar surface area (TPSA) is 102 Å². The lowest BCUT2D eigenvalue weighted by atomic mass is 10.3. The summed E-state index contributed by atoms with van der Waals surface area (Å²) >= 11 is 0. The third-order valence-corrected chi connectivity index (χ3v) is 4.06. The maximum absolute atomic E-state index is 9.50. The fraction of sp³-hybridized carbons (Fsp3) is 0.400. The van der Waals surface area contributed by atoms with Crippen LogP contribution in [0.2, 0.25) is 0 Å². The summed E-state index contributed by atoms with van der Waals surface area (Å²) in [5, 5.41) is 10.7. The molecule has 3 aromatic rings. The molecule has 3 aromatic heterocycles. The van der Waals surface area contributed by atoms with Crippen molar-refractivity contribution in [3.8, 4) is 17.3 Å². The van der Waals surface area contributed by atoms with Crippen LogP contribution in [0, 0.1) is 6.92 Å². The maximum atomic E-state index is 9.50. The van der Waals surface area contributed by atoms with Crippen LogP contribution in [-0.4, -0.2) is 59.0 Å². The molecule has 0 unspecified atom stereocenters. The molecule has 1 N–H and O–H groups in total. The summed E-state index contributed by atoms with van der Waals surface area (Å²) in [6.45, 7) is 2.88. The largest absolute Gasteiger partial charge is 0.471 e. The fourth-order valence-corrected chi connectivity index (χ4v) is 2.80. The summed E-state index contributed by atoms with van der Waals surface area (Å²) in [6, 6.07) is 0. The van der Waals surface area contributed by atoms with Gasteiger partial charge < -0.3 is 14.5 Å². The second-order valence-electron chi connectivity index (χ2n) is 5.81. The molecule has 0 aromatic carbocycles. The molecule has 1 aliphatic rings. The third kappa shape index (κ3) is 2.57. The van der Waals surface area contributed by atoms with Gasteiger partial charge in [0.1, 0.15) is 24.1 Å². The number of hydrogen-bond donors (Lipinski definition) is 1. The highest BCUT2D eigenvalue weighted by molar-refractivity contribution is 5.80. The van der Waals surface area contributed by atoms with Crippen LogP contribution >= 0.6 is 0 Å². The Hall–Kier alpha value is -2.65. The minimum absolute atomic E-state index is 0.110. The van der Waals surface area contributed by atoms with Crippen molar-refractivity contribution in [1.29, 1.82) is 0 Å². The normalized spacial score (nSPS) is 18.4. The number of hydroxylamine groups is 2. The van der Waals surface area contributed by atoms with E-state index in [0.717, 1.165) is 12.0 Å². The summed E-state index contributed by atoms with van der Waals surface area (Å²) in [5.41, 5.74) is 2.07. The van der Waals surface area contributed by atoms with Crippen molar-refractivity contribution in [1.82, 2.24) is 34.6 Å². The second-order valence-corrected chi connectivity index (χ2v) is 5.81. The third-order valence-electron chi connectivity index (χ3n) is 4.06. The molecule has 24 heavy (non-hydrogen) atoms. The Balaban J connectivity index is 1.74. The second kappa shape index (κ2) is 5.77. The molecule has 0 amide bonds. The molecule has 9 nitrogen and oxygen atoms in total. The zero-order valence-corrected chi connectivity index (χ0v) is 13.4. The molecule has 0 aliphatic carbocycles. The smallest absolute Gasteiger partial charge is 0.245 e. The first kappa shape index (κ1) is 14.9. The zero-order valence-electron chi connectivity index (χ0n) is 13.4. The first-order valence-electron chi connectivity index (χ1n) is 7.68. The van der Waals surface area contributed by atoms with E-state index < -0.39 is 0 Å². The van der Waals surface area contributed by atoms with Gasteiger partial charge in [-0.25, -0.2) is 19.9 Å². The van der Waals surface area contributed by atoms with Gasteiger partial charge in [0, 0.05) is 32.4 Å². The predicted octanol–water partition coefficient (Wildman–Crippen LogP) is 0.971. The monoisotopic (exact) mass is 327 g/mol. The van der Waals surface area contributed by atoms with Crippen molar-refractivity contribution in [2.45, 2.75) is 19.4 Å². The number of imidazole rings is 1. The van der Waals surface area contributed by atoms with Crippen molar-refractivity contribution in [2.24, 2.45) is 7.05 Å². The number of rotatable bonds is 3. The van der Waals surface area contributed by atoms with Gasteiger partial charge in [-0.05, 0) is 6.92 Å². The quantitative estimate of drug-likeness (QED) is 0.759. The van der Waals surface area contributed by atoms with E-state index in [1.807, 2.05) is 18.5 Å². The van der Waals surface area contributed by atoms with E-state index in [0.29, 0.717) is 41.8 Å². The van der Waals surface area contributed by atoms with E-state index in [1.165, 1.54) is 11.4 Å². The van der Waals surface area contributed by atoms with Crippen molar-refractivity contribution in [3.05, 3.63) is 24.5 Å². The van der Waals surface area contributed by atoms with E-state index >= 15 is 0 Å². The van der Waals surface area contributed by atoms with Crippen LogP contribution in [0.1, 0.15) is 12.2 Å². The molecule has 1 atom stereocenters. The first-order chi connectivity index (χ1) is 11.6. The number of aromatic nitrogens is 6. The molecule has 1 fully saturated rings. The Morgan fingerprint density at radius 1 is 1.21 bits per heavy atom. The molecular formula is C15H17N7O2. The van der Waals surface area contributed by atoms with Gasteiger partial charge in [-0.1, -0.05) is 0 Å². The molecule has 4 heterocycles. The van der Waals surface area contributed by atoms with Crippen LogP contribution in [0.4, 0.5) is 0 Å². The van der Waals surface area contributed by atoms with Crippen LogP contribution in [0.25, 0.3) is 22.6 Å². The van der Waals surface area contributed by atoms with Gasteiger partial charge in [-0.15, -0.1) is 0 Å². The molecule has 1 aliphatic heterocycles. The van der Waals surface area contributed by atoms with E-state index in [4.69, 9.17) is 4.74 Å². The van der Waals surface area contributed by atoms with Crippen molar-refractivity contribution < 1.29 is 9.94 Å². The Bertz CT molecular complexity index is 877. The molecule has 4 rings (SSSR count). The zero-order chi connectivity index (χ0) is 16.7. The average Bonchev–Trinajstić information content (AvgIpc) is 3.13. The van der Waals surface area contributed by atoms with Gasteiger partial charge in [-0.2, -0.15) is 10.0 Å². The Morgan fingerprint density at radius 2 is 2.00 bits per heavy atom. The standard InChI is InChI=1S/C15H17N7O2/c1-9-16-5-10(6-17-9)13-20-12-14(21(13)2)18-8-19-15(12)24-11-3-4-22(23)7-11/h5-6,8,11,23H,3-4,7H2,1-2H3/t11-/m0/s1. The summed E-state index contributed by atoms with van der Waals surface area (Å²) < 4.78 is 7.79. The van der Waals surface area contributed by atoms with Gasteiger partial charge in [-0.3, -0.25) is 0 Å². The van der Waals surface area contributed by atoms with Gasteiger partial charge in [0.05, 0.1) is 12.1 Å². The first-order valence-corrected chi connectivity index (χ1v) is 7.68. The van der Waals surface area contributed by atoms with Crippen LogP contribution in [-0.2, 0) is 7.05 Å². The predicted molar refractivity (Wildman–Crippen MR) is 84.5 cm³/mol. The number of ether oxygens (including phenoxy) is 1. The van der Waals surface area contributed by atoms with E-state index in [2.05, 4.69) is 24.9 Å². The number of fused-ring (bicyclic) bond motifs is 1. The van der Waals surface area contributed by atoms with Crippen LogP contribution in [0.5, 0.6) is 5.88 Å². The molecular weight excluding hydrogens is 310 g/mol. The van der Waals surface area contributed by atoms with Crippen LogP contribution in [0.3, 0.4) is 0 Å². The van der Waals surface area contributed by atoms with Crippen LogP contribution in [0.15, 0.2) is 18.7 Å². The van der Waals surface area contributed by atoms with Crippen molar-refractivity contribution in [2.75, 3.05) is 13.1 Å². The van der Waals surface area contributed by atoms with Gasteiger partial charge >= 0.3 is 0 Å². The molecule has 0 saturated carbocycles. The highest BCUT2D eigenvalue weighted by Crippen LogP contribution is 2.27. The fourth-order valence-electron chi connectivity index (χ4n) is 2.80. The van der Waals surface area contributed by atoms with Gasteiger partial charge in [0.25, 0.3) is 0 Å². The molecule has 0 spiro atoms. The Labute approximate surface area is 137 Å². The summed E-state index contributed by atoms with van der Waals surface area (Å²) in [4.78, 5) is 21.6. The summed E-state index contributed by atoms with van der Waals surface area (Å²) in [5.74, 6) is 1.83. The minimum atomic E-state index is -0.110. The molecule has 1 saturated heterocycles. The molecule has 0 bridgehead atoms. The minimum Gasteiger partial charge on any atom is -0.471 e. The Morgan fingerprint density at radius 3 is 2.71 bits per heavy atom. The molecule has 0 radical (unpaired) electrons. The van der Waals surface area contributed by atoms with Gasteiger partial charge in [0.15, 0.2) is 11.2 Å². The number of nitrogens with zero attached hydrogens (tertiary/aromatic N) is 7. The van der Waals surface area contributed by atoms with E-state index in [-0.39, 0.29) is 6.10 Å². The van der Waals surface area contributed by atoms with Gasteiger partial charge in [0.2, 0.25) is 5.88 Å². The lowest BCUT2D eigenvalue weighted by molar-refractivity contribution is -0.0746. The summed E-state index contributed by atoms with van der Waals surface area (Å²) in [7, 11) is 1.88. The lowest BCUT2D eigenvalue weighted by Crippen LogP contribution is -2.22. The van der Waals surface area contributed by atoms with E-state index in [1.54, 1.807) is 12.4 Å². The van der Waals surface area contributed by atoms with Crippen LogP contribution < -0.4 is 4.74 Å². The number of hydrogen-bond acceptors (Lipinski definition) is 8. The van der Waals surface area contributed by atoms with E-state index in [9.17, 15) is 5.21 Å². The average molecular weight is 327 g/mol. The summed E-state index contributed by atoms with van der Waals surface area (Å²) in [6.07, 6.45) is 5.56. The molecule has 9 heteroatoms. The van der Waals surface area contributed by atoms with Crippen molar-refractivity contribution >= 4 is 11.2 Å². The maximum Gasteiger partial charge on any atom is 0.245 e. The molecule has 124 valence electrons.